The number of hydrogen-bond donors (Lipinski definition) is 0. The van der Waals surface area contributed by atoms with Crippen molar-refractivity contribution in [2.75, 3.05) is 7.11 Å². The van der Waals surface area contributed by atoms with E-state index in [2.05, 4.69) is 6.07 Å². The van der Waals surface area contributed by atoms with Crippen LogP contribution < -0.4 is 0 Å². The quantitative estimate of drug-likeness (QED) is 0.168. The molecule has 220 valence electrons. The van der Waals surface area contributed by atoms with E-state index < -0.39 is 21.8 Å². The minimum absolute atomic E-state index is 0.0843. The number of methoxy groups -OCH3 is 1. The first-order chi connectivity index (χ1) is 21.7. The van der Waals surface area contributed by atoms with Crippen LogP contribution in [0, 0.1) is 28.5 Å². The lowest BCUT2D eigenvalue weighted by molar-refractivity contribution is 0.0600. The van der Waals surface area contributed by atoms with Crippen LogP contribution in [0.3, 0.4) is 0 Å². The van der Waals surface area contributed by atoms with Gasteiger partial charge in [0, 0.05) is 32.7 Å². The second-order valence-corrected chi connectivity index (χ2v) is 12.9. The highest BCUT2D eigenvalue weighted by molar-refractivity contribution is 7.90. The zero-order valence-electron chi connectivity index (χ0n) is 23.3. The molecule has 6 aromatic rings. The monoisotopic (exact) mass is 651 g/mol. The fourth-order valence-electron chi connectivity index (χ4n) is 5.25. The molecule has 0 spiro atoms. The lowest BCUT2D eigenvalue weighted by Crippen LogP contribution is -2.14. The van der Waals surface area contributed by atoms with E-state index in [1.54, 1.807) is 47.8 Å². The minimum atomic E-state index is -4.35. The van der Waals surface area contributed by atoms with E-state index in [1.165, 1.54) is 67.0 Å². The summed E-state index contributed by atoms with van der Waals surface area (Å²) in [6.45, 7) is 0. The molecule has 0 saturated heterocycles. The molecular formula is C34H19ClFN3O4S2. The predicted molar refractivity (Wildman–Crippen MR) is 171 cm³/mol. The second-order valence-electron chi connectivity index (χ2n) is 9.83. The third-order valence-corrected chi connectivity index (χ3v) is 10.1. The summed E-state index contributed by atoms with van der Waals surface area (Å²) in [6.07, 6.45) is 0. The first kappa shape index (κ1) is 29.8. The van der Waals surface area contributed by atoms with Crippen molar-refractivity contribution < 1.29 is 22.3 Å². The summed E-state index contributed by atoms with van der Waals surface area (Å²) in [7, 11) is -3.08. The Morgan fingerprint density at radius 3 is 2.36 bits per heavy atom. The van der Waals surface area contributed by atoms with Crippen molar-refractivity contribution in [1.82, 2.24) is 3.97 Å². The molecule has 6 rings (SSSR count). The summed E-state index contributed by atoms with van der Waals surface area (Å²) in [6, 6.07) is 26.9. The molecule has 0 aliphatic rings. The van der Waals surface area contributed by atoms with Crippen molar-refractivity contribution in [3.8, 4) is 45.6 Å². The van der Waals surface area contributed by atoms with Gasteiger partial charge >= 0.3 is 5.97 Å². The molecule has 0 bridgehead atoms. The van der Waals surface area contributed by atoms with Gasteiger partial charge in [0.2, 0.25) is 0 Å². The molecule has 0 N–H and O–H groups in total. The Bertz CT molecular complexity index is 2350. The Morgan fingerprint density at radius 2 is 1.67 bits per heavy atom. The number of hydrogen-bond acceptors (Lipinski definition) is 7. The SMILES string of the molecule is COC(=O)c1ccc(-c2cccc(-c3c(-c4ccsc4C#N)c4cc(F)ccc4n3S(=O)(=O)c3ccc(C#N)cc3)c2)c(Cl)c1. The van der Waals surface area contributed by atoms with Gasteiger partial charge in [-0.15, -0.1) is 11.3 Å². The van der Waals surface area contributed by atoms with Crippen molar-refractivity contribution in [3.05, 3.63) is 123 Å². The van der Waals surface area contributed by atoms with Gasteiger partial charge in [0.15, 0.2) is 0 Å². The molecule has 2 aromatic heterocycles. The number of halogens is 2. The van der Waals surface area contributed by atoms with Gasteiger partial charge in [-0.05, 0) is 77.7 Å². The fourth-order valence-corrected chi connectivity index (χ4v) is 7.77. The molecule has 7 nitrogen and oxygen atoms in total. The van der Waals surface area contributed by atoms with Crippen LogP contribution in [0.4, 0.5) is 4.39 Å². The van der Waals surface area contributed by atoms with E-state index in [9.17, 15) is 28.1 Å². The standard InChI is InChI=1S/C34H19ClFN3O4S2/c1-43-34(40)23-7-11-26(29(35)16-23)21-3-2-4-22(15-21)33-32(27-13-14-44-31(27)19-38)28-17-24(36)8-12-30(28)39(33)45(41,42)25-9-5-20(18-37)6-10-25/h2-17H,1H3. The highest BCUT2D eigenvalue weighted by Gasteiger charge is 2.30. The third-order valence-electron chi connectivity index (χ3n) is 7.28. The topological polar surface area (TPSA) is 113 Å². The molecule has 11 heteroatoms. The summed E-state index contributed by atoms with van der Waals surface area (Å²) in [5.41, 5.74) is 3.41. The molecule has 0 aliphatic heterocycles. The zero-order chi connectivity index (χ0) is 31.9. The highest BCUT2D eigenvalue weighted by atomic mass is 35.5. The van der Waals surface area contributed by atoms with Crippen LogP contribution in [0.2, 0.25) is 5.02 Å². The smallest absolute Gasteiger partial charge is 0.337 e. The van der Waals surface area contributed by atoms with Crippen LogP contribution in [0.15, 0.2) is 101 Å². The second kappa shape index (κ2) is 11.7. The number of nitriles is 2. The summed E-state index contributed by atoms with van der Waals surface area (Å²) in [5, 5.41) is 21.5. The van der Waals surface area contributed by atoms with Gasteiger partial charge in [0.25, 0.3) is 10.0 Å². The lowest BCUT2D eigenvalue weighted by Gasteiger charge is -2.15. The Hall–Kier alpha value is -5.26. The largest absolute Gasteiger partial charge is 0.465 e. The fraction of sp³-hybridized carbons (Fsp3) is 0.0294. The van der Waals surface area contributed by atoms with Crippen LogP contribution in [0.5, 0.6) is 0 Å². The van der Waals surface area contributed by atoms with Crippen molar-refractivity contribution in [1.29, 1.82) is 10.5 Å². The van der Waals surface area contributed by atoms with Crippen LogP contribution in [0.1, 0.15) is 20.8 Å². The molecule has 0 unspecified atom stereocenters. The molecule has 0 amide bonds. The molecule has 45 heavy (non-hydrogen) atoms. The first-order valence-corrected chi connectivity index (χ1v) is 15.9. The number of fused-ring (bicyclic) bond motifs is 1. The highest BCUT2D eigenvalue weighted by Crippen LogP contribution is 2.46. The van der Waals surface area contributed by atoms with Crippen LogP contribution >= 0.6 is 22.9 Å². The van der Waals surface area contributed by atoms with E-state index in [1.807, 2.05) is 6.07 Å². The Labute approximate surface area is 266 Å². The van der Waals surface area contributed by atoms with Crippen LogP contribution in [-0.4, -0.2) is 25.5 Å². The van der Waals surface area contributed by atoms with Gasteiger partial charge in [-0.1, -0.05) is 35.9 Å². The Kier molecular flexibility index (Phi) is 7.73. The van der Waals surface area contributed by atoms with Crippen molar-refractivity contribution in [2.24, 2.45) is 0 Å². The zero-order valence-corrected chi connectivity index (χ0v) is 25.7. The van der Waals surface area contributed by atoms with Crippen LogP contribution in [-0.2, 0) is 14.8 Å². The Morgan fingerprint density at radius 1 is 0.911 bits per heavy atom. The minimum Gasteiger partial charge on any atom is -0.465 e. The van der Waals surface area contributed by atoms with E-state index in [0.29, 0.717) is 38.1 Å². The molecular weight excluding hydrogens is 633 g/mol. The number of benzene rings is 4. The average molecular weight is 652 g/mol. The average Bonchev–Trinajstić information content (AvgIpc) is 3.66. The van der Waals surface area contributed by atoms with E-state index >= 15 is 0 Å². The Balaban J connectivity index is 1.69. The molecule has 0 radical (unpaired) electrons. The van der Waals surface area contributed by atoms with Crippen molar-refractivity contribution in [3.63, 3.8) is 0 Å². The summed E-state index contributed by atoms with van der Waals surface area (Å²) in [4.78, 5) is 12.3. The van der Waals surface area contributed by atoms with Gasteiger partial charge < -0.3 is 4.74 Å². The molecule has 2 heterocycles. The summed E-state index contributed by atoms with van der Waals surface area (Å²) >= 11 is 7.78. The predicted octanol–water partition coefficient (Wildman–Crippen LogP) is 8.26. The maximum Gasteiger partial charge on any atom is 0.337 e. The van der Waals surface area contributed by atoms with Crippen LogP contribution in [0.25, 0.3) is 44.4 Å². The van der Waals surface area contributed by atoms with Gasteiger partial charge in [-0.2, -0.15) is 10.5 Å². The van der Waals surface area contributed by atoms with Gasteiger partial charge in [-0.25, -0.2) is 21.6 Å². The lowest BCUT2D eigenvalue weighted by atomic mass is 9.96. The molecule has 0 fully saturated rings. The number of carbonyl (C=O) groups excluding carboxylic acids is 1. The first-order valence-electron chi connectivity index (χ1n) is 13.2. The van der Waals surface area contributed by atoms with Gasteiger partial charge in [0.05, 0.1) is 40.4 Å². The van der Waals surface area contributed by atoms with E-state index in [4.69, 9.17) is 16.3 Å². The van der Waals surface area contributed by atoms with E-state index in [-0.39, 0.29) is 32.3 Å². The maximum atomic E-state index is 14.8. The summed E-state index contributed by atoms with van der Waals surface area (Å²) < 4.78 is 49.7. The molecule has 0 saturated carbocycles. The molecule has 4 aromatic carbocycles. The van der Waals surface area contributed by atoms with Gasteiger partial charge in [-0.3, -0.25) is 0 Å². The van der Waals surface area contributed by atoms with E-state index in [0.717, 1.165) is 3.97 Å². The number of thiophene rings is 1. The number of ether oxygens (including phenoxy) is 1. The number of aromatic nitrogens is 1. The normalized spacial score (nSPS) is 11.2. The molecule has 0 atom stereocenters. The number of esters is 1. The number of nitrogens with zero attached hydrogens (tertiary/aromatic N) is 3. The number of rotatable bonds is 6. The van der Waals surface area contributed by atoms with Crippen molar-refractivity contribution >= 4 is 49.8 Å². The number of carbonyl (C=O) groups is 1. The maximum absolute atomic E-state index is 14.8. The summed E-state index contributed by atoms with van der Waals surface area (Å²) in [5.74, 6) is -1.13. The van der Waals surface area contributed by atoms with Crippen molar-refractivity contribution in [2.45, 2.75) is 4.90 Å². The third kappa shape index (κ3) is 5.15. The molecule has 0 aliphatic carbocycles. The van der Waals surface area contributed by atoms with Gasteiger partial charge in [0.1, 0.15) is 16.8 Å².